The van der Waals surface area contributed by atoms with Crippen LogP contribution in [0.25, 0.3) is 0 Å². The second kappa shape index (κ2) is 5.84. The highest BCUT2D eigenvalue weighted by Crippen LogP contribution is 2.21. The molecule has 94 valence electrons. The van der Waals surface area contributed by atoms with E-state index >= 15 is 0 Å². The SMILES string of the molecule is Cc1cccc(C(=O)N[C@@H](C)c2cccs2)c1I. The van der Waals surface area contributed by atoms with Gasteiger partial charge in [-0.25, -0.2) is 0 Å². The number of rotatable bonds is 3. The lowest BCUT2D eigenvalue weighted by atomic mass is 10.1. The minimum atomic E-state index is -0.0102. The smallest absolute Gasteiger partial charge is 0.252 e. The van der Waals surface area contributed by atoms with Crippen molar-refractivity contribution in [3.8, 4) is 0 Å². The zero-order valence-corrected chi connectivity index (χ0v) is 13.2. The normalized spacial score (nSPS) is 12.2. The Hall–Kier alpha value is -0.880. The number of amides is 1. The number of carbonyl (C=O) groups is 1. The minimum absolute atomic E-state index is 0.0102. The molecule has 0 radical (unpaired) electrons. The number of benzene rings is 1. The van der Waals surface area contributed by atoms with Crippen molar-refractivity contribution >= 4 is 39.8 Å². The van der Waals surface area contributed by atoms with E-state index in [1.165, 1.54) is 4.88 Å². The van der Waals surface area contributed by atoms with Crippen LogP contribution in [0.4, 0.5) is 0 Å². The molecular weight excluding hydrogens is 357 g/mol. The second-order valence-electron chi connectivity index (χ2n) is 4.15. The van der Waals surface area contributed by atoms with Crippen LogP contribution in [0.15, 0.2) is 35.7 Å². The molecule has 0 saturated carbocycles. The molecule has 0 spiro atoms. The Bertz CT molecular complexity index is 551. The van der Waals surface area contributed by atoms with Crippen molar-refractivity contribution in [2.75, 3.05) is 0 Å². The molecular formula is C14H14INOS. The summed E-state index contributed by atoms with van der Waals surface area (Å²) in [5.74, 6) is -0.0102. The summed E-state index contributed by atoms with van der Waals surface area (Å²) in [4.78, 5) is 13.4. The summed E-state index contributed by atoms with van der Waals surface area (Å²) in [6.07, 6.45) is 0. The van der Waals surface area contributed by atoms with Crippen LogP contribution in [0.1, 0.15) is 33.8 Å². The molecule has 4 heteroatoms. The molecule has 2 nitrogen and oxygen atoms in total. The summed E-state index contributed by atoms with van der Waals surface area (Å²) < 4.78 is 1.02. The van der Waals surface area contributed by atoms with Crippen LogP contribution >= 0.6 is 33.9 Å². The predicted octanol–water partition coefficient (Wildman–Crippen LogP) is 4.15. The summed E-state index contributed by atoms with van der Waals surface area (Å²) in [5, 5.41) is 5.06. The molecule has 0 unspecified atom stereocenters. The molecule has 0 aliphatic heterocycles. The largest absolute Gasteiger partial charge is 0.345 e. The zero-order chi connectivity index (χ0) is 13.1. The van der Waals surface area contributed by atoms with Gasteiger partial charge < -0.3 is 5.32 Å². The molecule has 1 aromatic heterocycles. The predicted molar refractivity (Wildman–Crippen MR) is 84.1 cm³/mol. The van der Waals surface area contributed by atoms with Crippen LogP contribution in [0, 0.1) is 10.5 Å². The van der Waals surface area contributed by atoms with Crippen molar-refractivity contribution < 1.29 is 4.79 Å². The Labute approximate surface area is 125 Å². The van der Waals surface area contributed by atoms with E-state index in [-0.39, 0.29) is 11.9 Å². The van der Waals surface area contributed by atoms with E-state index in [0.29, 0.717) is 0 Å². The monoisotopic (exact) mass is 371 g/mol. The quantitative estimate of drug-likeness (QED) is 0.807. The molecule has 0 saturated heterocycles. The number of thiophene rings is 1. The third kappa shape index (κ3) is 2.92. The number of hydrogen-bond acceptors (Lipinski definition) is 2. The lowest BCUT2D eigenvalue weighted by Gasteiger charge is -2.13. The first-order chi connectivity index (χ1) is 8.59. The third-order valence-corrected chi connectivity index (χ3v) is 5.24. The van der Waals surface area contributed by atoms with Crippen molar-refractivity contribution in [3.05, 3.63) is 55.3 Å². The van der Waals surface area contributed by atoms with Gasteiger partial charge in [-0.15, -0.1) is 11.3 Å². The van der Waals surface area contributed by atoms with Crippen LogP contribution in [0.3, 0.4) is 0 Å². The summed E-state index contributed by atoms with van der Waals surface area (Å²) >= 11 is 3.88. The van der Waals surface area contributed by atoms with Crippen molar-refractivity contribution in [2.45, 2.75) is 19.9 Å². The fraction of sp³-hybridized carbons (Fsp3) is 0.214. The number of halogens is 1. The van der Waals surface area contributed by atoms with E-state index in [4.69, 9.17) is 0 Å². The van der Waals surface area contributed by atoms with Gasteiger partial charge in [0.25, 0.3) is 5.91 Å². The maximum absolute atomic E-state index is 12.2. The van der Waals surface area contributed by atoms with Gasteiger partial charge in [0.15, 0.2) is 0 Å². The summed E-state index contributed by atoms with van der Waals surface area (Å²) in [7, 11) is 0. The van der Waals surface area contributed by atoms with E-state index in [1.54, 1.807) is 11.3 Å². The molecule has 18 heavy (non-hydrogen) atoms. The first-order valence-electron chi connectivity index (χ1n) is 5.69. The van der Waals surface area contributed by atoms with Gasteiger partial charge in [0.2, 0.25) is 0 Å². The van der Waals surface area contributed by atoms with Crippen LogP contribution in [0.2, 0.25) is 0 Å². The first-order valence-corrected chi connectivity index (χ1v) is 7.65. The molecule has 2 aromatic rings. The van der Waals surface area contributed by atoms with Crippen LogP contribution in [0.5, 0.6) is 0 Å². The van der Waals surface area contributed by atoms with Crippen LogP contribution in [-0.4, -0.2) is 5.91 Å². The second-order valence-corrected chi connectivity index (χ2v) is 6.21. The van der Waals surface area contributed by atoms with Gasteiger partial charge in [0.05, 0.1) is 11.6 Å². The molecule has 1 aromatic carbocycles. The van der Waals surface area contributed by atoms with Gasteiger partial charge >= 0.3 is 0 Å². The molecule has 2 rings (SSSR count). The van der Waals surface area contributed by atoms with Gasteiger partial charge in [-0.3, -0.25) is 4.79 Å². The molecule has 0 bridgehead atoms. The summed E-state index contributed by atoms with van der Waals surface area (Å²) in [6, 6.07) is 9.89. The van der Waals surface area contributed by atoms with Gasteiger partial charge in [-0.1, -0.05) is 18.2 Å². The van der Waals surface area contributed by atoms with Gasteiger partial charge in [0, 0.05) is 8.45 Å². The summed E-state index contributed by atoms with van der Waals surface area (Å²) in [5.41, 5.74) is 1.88. The standard InChI is InChI=1S/C14H14INOS/c1-9-5-3-6-11(13(9)15)14(17)16-10(2)12-7-4-8-18-12/h3-8,10H,1-2H3,(H,16,17)/t10-/m0/s1. The van der Waals surface area contributed by atoms with Gasteiger partial charge in [0.1, 0.15) is 0 Å². The highest BCUT2D eigenvalue weighted by Gasteiger charge is 2.15. The highest BCUT2D eigenvalue weighted by molar-refractivity contribution is 14.1. The topological polar surface area (TPSA) is 29.1 Å². The fourth-order valence-corrected chi connectivity index (χ4v) is 3.04. The lowest BCUT2D eigenvalue weighted by Crippen LogP contribution is -2.27. The lowest BCUT2D eigenvalue weighted by molar-refractivity contribution is 0.0939. The zero-order valence-electron chi connectivity index (χ0n) is 10.2. The number of carbonyl (C=O) groups excluding carboxylic acids is 1. The maximum atomic E-state index is 12.2. The van der Waals surface area contributed by atoms with E-state index in [0.717, 1.165) is 14.7 Å². The molecule has 1 heterocycles. The number of hydrogen-bond donors (Lipinski definition) is 1. The van der Waals surface area contributed by atoms with Gasteiger partial charge in [-0.2, -0.15) is 0 Å². The number of aryl methyl sites for hydroxylation is 1. The molecule has 1 N–H and O–H groups in total. The van der Waals surface area contributed by atoms with E-state index in [9.17, 15) is 4.79 Å². The average molecular weight is 371 g/mol. The Morgan fingerprint density at radius 1 is 1.33 bits per heavy atom. The maximum Gasteiger partial charge on any atom is 0.252 e. The Morgan fingerprint density at radius 3 is 2.78 bits per heavy atom. The van der Waals surface area contributed by atoms with Crippen molar-refractivity contribution in [1.29, 1.82) is 0 Å². The van der Waals surface area contributed by atoms with E-state index in [2.05, 4.69) is 27.9 Å². The highest BCUT2D eigenvalue weighted by atomic mass is 127. The Morgan fingerprint density at radius 2 is 2.11 bits per heavy atom. The van der Waals surface area contributed by atoms with Crippen LogP contribution in [-0.2, 0) is 0 Å². The van der Waals surface area contributed by atoms with Crippen LogP contribution < -0.4 is 5.32 Å². The van der Waals surface area contributed by atoms with Crippen molar-refractivity contribution in [1.82, 2.24) is 5.32 Å². The van der Waals surface area contributed by atoms with Gasteiger partial charge in [-0.05, 0) is 59.5 Å². The Balaban J connectivity index is 2.15. The third-order valence-electron chi connectivity index (χ3n) is 2.75. The van der Waals surface area contributed by atoms with E-state index < -0.39 is 0 Å². The number of nitrogens with one attached hydrogen (secondary N) is 1. The van der Waals surface area contributed by atoms with Crippen molar-refractivity contribution in [2.24, 2.45) is 0 Å². The average Bonchev–Trinajstić information content (AvgIpc) is 2.86. The first kappa shape index (κ1) is 13.5. The van der Waals surface area contributed by atoms with E-state index in [1.807, 2.05) is 49.6 Å². The molecule has 1 atom stereocenters. The Kier molecular flexibility index (Phi) is 4.40. The molecule has 0 aliphatic rings. The van der Waals surface area contributed by atoms with Crippen molar-refractivity contribution in [3.63, 3.8) is 0 Å². The fourth-order valence-electron chi connectivity index (χ4n) is 1.71. The minimum Gasteiger partial charge on any atom is -0.345 e. The molecule has 0 fully saturated rings. The molecule has 0 aliphatic carbocycles. The summed E-state index contributed by atoms with van der Waals surface area (Å²) in [6.45, 7) is 4.02. The molecule has 1 amide bonds.